The van der Waals surface area contributed by atoms with Crippen LogP contribution >= 0.6 is 11.3 Å². The van der Waals surface area contributed by atoms with E-state index in [0.717, 1.165) is 61.5 Å². The second-order valence-electron chi connectivity index (χ2n) is 6.82. The summed E-state index contributed by atoms with van der Waals surface area (Å²) in [6.45, 7) is 1.48. The highest BCUT2D eigenvalue weighted by atomic mass is 32.1. The first-order valence-electron chi connectivity index (χ1n) is 9.09. The lowest BCUT2D eigenvalue weighted by Crippen LogP contribution is -2.41. The van der Waals surface area contributed by atoms with Gasteiger partial charge in [-0.25, -0.2) is 9.78 Å². The van der Waals surface area contributed by atoms with Crippen molar-refractivity contribution in [1.82, 2.24) is 15.2 Å². The van der Waals surface area contributed by atoms with Crippen molar-refractivity contribution in [2.45, 2.75) is 32.1 Å². The van der Waals surface area contributed by atoms with Crippen LogP contribution < -0.4 is 10.2 Å². The molecule has 1 aliphatic carbocycles. The van der Waals surface area contributed by atoms with E-state index in [2.05, 4.69) is 36.2 Å². The van der Waals surface area contributed by atoms with Crippen LogP contribution in [0.5, 0.6) is 0 Å². The minimum atomic E-state index is -0.452. The van der Waals surface area contributed by atoms with Crippen LogP contribution in [0.15, 0.2) is 12.3 Å². The van der Waals surface area contributed by atoms with Crippen LogP contribution in [0.4, 0.5) is 10.9 Å². The molecular weight excluding hydrogens is 366 g/mol. The third-order valence-electron chi connectivity index (χ3n) is 5.05. The van der Waals surface area contributed by atoms with E-state index in [1.165, 1.54) is 18.9 Å². The van der Waals surface area contributed by atoms with Gasteiger partial charge in [0.25, 0.3) is 0 Å². The fourth-order valence-electron chi connectivity index (χ4n) is 3.61. The molecule has 8 nitrogen and oxygen atoms in total. The Morgan fingerprint density at radius 2 is 2.19 bits per heavy atom. The molecule has 1 N–H and O–H groups in total. The van der Waals surface area contributed by atoms with E-state index in [1.807, 2.05) is 0 Å². The van der Waals surface area contributed by atoms with E-state index < -0.39 is 5.97 Å². The zero-order valence-electron chi connectivity index (χ0n) is 15.1. The number of aromatic nitrogens is 3. The lowest BCUT2D eigenvalue weighted by atomic mass is 9.97. The van der Waals surface area contributed by atoms with Crippen molar-refractivity contribution in [3.63, 3.8) is 0 Å². The summed E-state index contributed by atoms with van der Waals surface area (Å²) in [7, 11) is 1.32. The Balaban J connectivity index is 1.41. The minimum Gasteiger partial charge on any atom is -0.465 e. The molecule has 1 amide bonds. The molecule has 2 aliphatic rings. The van der Waals surface area contributed by atoms with Crippen molar-refractivity contribution >= 4 is 34.2 Å². The Bertz CT molecular complexity index is 868. The predicted octanol–water partition coefficient (Wildman–Crippen LogP) is 2.06. The van der Waals surface area contributed by atoms with Gasteiger partial charge in [0.1, 0.15) is 4.88 Å². The number of esters is 1. The number of carbonyl (C=O) groups excluding carboxylic acids is 2. The first-order valence-corrected chi connectivity index (χ1v) is 9.91. The van der Waals surface area contributed by atoms with Crippen molar-refractivity contribution < 1.29 is 14.3 Å². The van der Waals surface area contributed by atoms with Crippen LogP contribution in [0.1, 0.15) is 40.2 Å². The third-order valence-corrected chi connectivity index (χ3v) is 5.94. The molecule has 1 aliphatic heterocycles. The van der Waals surface area contributed by atoms with Crippen molar-refractivity contribution in [2.75, 3.05) is 30.4 Å². The number of nitrogens with zero attached hydrogens (tertiary/aromatic N) is 4. The number of fused-ring (bicyclic) bond motifs is 1. The maximum absolute atomic E-state index is 12.7. The molecule has 27 heavy (non-hydrogen) atoms. The molecule has 1 atom stereocenters. The molecule has 2 aromatic rings. The Hall–Kier alpha value is -2.55. The van der Waals surface area contributed by atoms with Gasteiger partial charge < -0.3 is 15.0 Å². The first-order chi connectivity index (χ1) is 13.1. The quantitative estimate of drug-likeness (QED) is 0.802. The average Bonchev–Trinajstić information content (AvgIpc) is 3.36. The number of nitrogens with one attached hydrogen (secondary N) is 1. The van der Waals surface area contributed by atoms with Gasteiger partial charge in [-0.3, -0.25) is 4.79 Å². The van der Waals surface area contributed by atoms with Crippen LogP contribution in [-0.4, -0.2) is 47.3 Å². The second kappa shape index (κ2) is 7.59. The van der Waals surface area contributed by atoms with E-state index in [4.69, 9.17) is 0 Å². The van der Waals surface area contributed by atoms with E-state index in [0.29, 0.717) is 16.6 Å². The molecule has 4 rings (SSSR count). The van der Waals surface area contributed by atoms with E-state index >= 15 is 0 Å². The van der Waals surface area contributed by atoms with E-state index in [1.54, 1.807) is 0 Å². The number of aryl methyl sites for hydroxylation is 2. The number of ether oxygens (including phenoxy) is 1. The van der Waals surface area contributed by atoms with E-state index in [-0.39, 0.29) is 11.8 Å². The van der Waals surface area contributed by atoms with E-state index in [9.17, 15) is 9.59 Å². The number of amides is 1. The molecule has 9 heteroatoms. The summed E-state index contributed by atoms with van der Waals surface area (Å²) in [6, 6.07) is 2.12. The topological polar surface area (TPSA) is 97.3 Å². The normalized spacial score (nSPS) is 18.9. The molecule has 0 spiro atoms. The summed E-state index contributed by atoms with van der Waals surface area (Å²) >= 11 is 1.11. The Morgan fingerprint density at radius 3 is 3.04 bits per heavy atom. The Morgan fingerprint density at radius 1 is 1.30 bits per heavy atom. The number of carbonyl (C=O) groups is 2. The zero-order chi connectivity index (χ0) is 18.8. The summed E-state index contributed by atoms with van der Waals surface area (Å²) in [5, 5.41) is 12.0. The summed E-state index contributed by atoms with van der Waals surface area (Å²) in [4.78, 5) is 30.8. The van der Waals surface area contributed by atoms with Crippen LogP contribution in [0.2, 0.25) is 0 Å². The monoisotopic (exact) mass is 387 g/mol. The maximum atomic E-state index is 12.7. The molecule has 1 fully saturated rings. The fourth-order valence-corrected chi connectivity index (χ4v) is 4.34. The predicted molar refractivity (Wildman–Crippen MR) is 101 cm³/mol. The lowest BCUT2D eigenvalue weighted by Gasteiger charge is -2.32. The Kier molecular flexibility index (Phi) is 5.02. The molecule has 0 aromatic carbocycles. The van der Waals surface area contributed by atoms with Gasteiger partial charge in [0.15, 0.2) is 10.9 Å². The largest absolute Gasteiger partial charge is 0.465 e. The number of rotatable bonds is 4. The number of hydrogen-bond donors (Lipinski definition) is 1. The van der Waals surface area contributed by atoms with Crippen LogP contribution in [0.3, 0.4) is 0 Å². The van der Waals surface area contributed by atoms with Crippen molar-refractivity contribution in [1.29, 1.82) is 0 Å². The van der Waals surface area contributed by atoms with Gasteiger partial charge in [0, 0.05) is 13.1 Å². The number of thiazole rings is 1. The second-order valence-corrected chi connectivity index (χ2v) is 7.85. The molecule has 0 bridgehead atoms. The highest BCUT2D eigenvalue weighted by Gasteiger charge is 2.28. The average molecular weight is 387 g/mol. The van der Waals surface area contributed by atoms with Gasteiger partial charge in [-0.1, -0.05) is 11.3 Å². The fraction of sp³-hybridized carbons (Fsp3) is 0.500. The number of anilines is 2. The van der Waals surface area contributed by atoms with Crippen LogP contribution in [0, 0.1) is 5.92 Å². The van der Waals surface area contributed by atoms with Gasteiger partial charge in [-0.15, -0.1) is 5.10 Å². The van der Waals surface area contributed by atoms with Gasteiger partial charge >= 0.3 is 5.97 Å². The van der Waals surface area contributed by atoms with Crippen molar-refractivity contribution in [3.8, 4) is 0 Å². The zero-order valence-corrected chi connectivity index (χ0v) is 15.9. The summed E-state index contributed by atoms with van der Waals surface area (Å²) < 4.78 is 4.66. The summed E-state index contributed by atoms with van der Waals surface area (Å²) in [6.07, 6.45) is 6.36. The molecule has 0 radical (unpaired) electrons. The molecule has 0 saturated carbocycles. The van der Waals surface area contributed by atoms with Gasteiger partial charge in [0.2, 0.25) is 5.91 Å². The smallest absolute Gasteiger partial charge is 0.349 e. The SMILES string of the molecule is COC(=O)c1cnc(NC(=O)C2CCCN(c3cc4c(nn3)CCC4)C2)s1. The number of methoxy groups -OCH3 is 1. The molecule has 3 heterocycles. The molecule has 1 unspecified atom stereocenters. The minimum absolute atomic E-state index is 0.0837. The highest BCUT2D eigenvalue weighted by molar-refractivity contribution is 7.17. The lowest BCUT2D eigenvalue weighted by molar-refractivity contribution is -0.120. The van der Waals surface area contributed by atoms with Gasteiger partial charge in [-0.2, -0.15) is 5.10 Å². The van der Waals surface area contributed by atoms with Gasteiger partial charge in [0.05, 0.1) is 24.9 Å². The van der Waals surface area contributed by atoms with Crippen molar-refractivity contribution in [3.05, 3.63) is 28.4 Å². The molecule has 1 saturated heterocycles. The number of piperidine rings is 1. The summed E-state index contributed by atoms with van der Waals surface area (Å²) in [5.41, 5.74) is 2.39. The number of hydrogen-bond acceptors (Lipinski definition) is 8. The third kappa shape index (κ3) is 3.78. The maximum Gasteiger partial charge on any atom is 0.349 e. The standard InChI is InChI=1S/C18H21N5O3S/c1-26-17(25)14-9-19-18(27-14)20-16(24)12-5-3-7-23(10-12)15-8-11-4-2-6-13(11)21-22-15/h8-9,12H,2-7,10H2,1H3,(H,19,20,24). The molecule has 2 aromatic heterocycles. The highest BCUT2D eigenvalue weighted by Crippen LogP contribution is 2.27. The summed E-state index contributed by atoms with van der Waals surface area (Å²) in [5.74, 6) is 0.168. The molecular formula is C18H21N5O3S. The Labute approximate surface area is 161 Å². The van der Waals surface area contributed by atoms with Crippen LogP contribution in [-0.2, 0) is 22.4 Å². The first kappa shape index (κ1) is 17.8. The molecule has 142 valence electrons. The van der Waals surface area contributed by atoms with Gasteiger partial charge in [-0.05, 0) is 43.7 Å². The van der Waals surface area contributed by atoms with Crippen molar-refractivity contribution in [2.24, 2.45) is 5.92 Å². The van der Waals surface area contributed by atoms with Crippen LogP contribution in [0.25, 0.3) is 0 Å².